The molecule has 1 amide bonds. The SMILES string of the molecule is COc1cc(N(CCCl)CCCl)ccc1/C=N/NC(=O)c1cccnc1. The number of benzene rings is 1. The third kappa shape index (κ3) is 5.61. The second-order valence-electron chi connectivity index (χ2n) is 5.23. The van der Waals surface area contributed by atoms with Gasteiger partial charge in [0.05, 0.1) is 18.9 Å². The van der Waals surface area contributed by atoms with Gasteiger partial charge < -0.3 is 9.64 Å². The molecule has 6 nitrogen and oxygen atoms in total. The van der Waals surface area contributed by atoms with Crippen molar-refractivity contribution < 1.29 is 9.53 Å². The Morgan fingerprint density at radius 1 is 1.31 bits per heavy atom. The lowest BCUT2D eigenvalue weighted by Crippen LogP contribution is -2.27. The zero-order valence-electron chi connectivity index (χ0n) is 14.4. The molecule has 0 fully saturated rings. The van der Waals surface area contributed by atoms with E-state index in [9.17, 15) is 4.79 Å². The lowest BCUT2D eigenvalue weighted by Gasteiger charge is -2.23. The lowest BCUT2D eigenvalue weighted by atomic mass is 10.2. The summed E-state index contributed by atoms with van der Waals surface area (Å²) in [6.45, 7) is 1.37. The summed E-state index contributed by atoms with van der Waals surface area (Å²) < 4.78 is 5.43. The first-order chi connectivity index (χ1) is 12.7. The van der Waals surface area contributed by atoms with Gasteiger partial charge in [0.2, 0.25) is 0 Å². The molecule has 26 heavy (non-hydrogen) atoms. The van der Waals surface area contributed by atoms with Crippen molar-refractivity contribution in [3.63, 3.8) is 0 Å². The van der Waals surface area contributed by atoms with E-state index in [1.165, 1.54) is 12.4 Å². The summed E-state index contributed by atoms with van der Waals surface area (Å²) in [7, 11) is 1.58. The number of rotatable bonds is 9. The molecule has 2 aromatic rings. The average Bonchev–Trinajstić information content (AvgIpc) is 2.68. The van der Waals surface area contributed by atoms with Crippen molar-refractivity contribution in [2.75, 3.05) is 36.9 Å². The lowest BCUT2D eigenvalue weighted by molar-refractivity contribution is 0.0954. The van der Waals surface area contributed by atoms with Gasteiger partial charge in [0.1, 0.15) is 5.75 Å². The summed E-state index contributed by atoms with van der Waals surface area (Å²) in [5.74, 6) is 1.31. The molecule has 1 aromatic carbocycles. The Morgan fingerprint density at radius 3 is 2.69 bits per heavy atom. The van der Waals surface area contributed by atoms with Crippen molar-refractivity contribution in [2.24, 2.45) is 5.10 Å². The van der Waals surface area contributed by atoms with E-state index in [4.69, 9.17) is 27.9 Å². The number of hydrogen-bond donors (Lipinski definition) is 1. The average molecular weight is 395 g/mol. The van der Waals surface area contributed by atoms with E-state index in [2.05, 4.69) is 20.4 Å². The first-order valence-electron chi connectivity index (χ1n) is 7.98. The quantitative estimate of drug-likeness (QED) is 0.403. The van der Waals surface area contributed by atoms with E-state index >= 15 is 0 Å². The van der Waals surface area contributed by atoms with Gasteiger partial charge in [0.15, 0.2) is 0 Å². The van der Waals surface area contributed by atoms with Crippen LogP contribution in [0.3, 0.4) is 0 Å². The Morgan fingerprint density at radius 2 is 2.08 bits per heavy atom. The van der Waals surface area contributed by atoms with E-state index in [0.717, 1.165) is 11.3 Å². The van der Waals surface area contributed by atoms with E-state index < -0.39 is 0 Å². The molecule has 1 heterocycles. The molecule has 0 radical (unpaired) electrons. The van der Waals surface area contributed by atoms with Gasteiger partial charge in [-0.3, -0.25) is 9.78 Å². The first kappa shape index (κ1) is 20.0. The fourth-order valence-electron chi connectivity index (χ4n) is 2.30. The molecule has 0 spiro atoms. The molecule has 8 heteroatoms. The molecule has 0 aliphatic rings. The second-order valence-corrected chi connectivity index (χ2v) is 5.99. The molecule has 0 atom stereocenters. The summed E-state index contributed by atoms with van der Waals surface area (Å²) >= 11 is 11.7. The van der Waals surface area contributed by atoms with Crippen LogP contribution in [0.25, 0.3) is 0 Å². The summed E-state index contributed by atoms with van der Waals surface area (Å²) in [5.41, 5.74) is 4.59. The number of pyridine rings is 1. The summed E-state index contributed by atoms with van der Waals surface area (Å²) in [5, 5.41) is 3.99. The minimum absolute atomic E-state index is 0.333. The zero-order valence-corrected chi connectivity index (χ0v) is 15.9. The van der Waals surface area contributed by atoms with Crippen LogP contribution in [0.4, 0.5) is 5.69 Å². The van der Waals surface area contributed by atoms with E-state index in [1.807, 2.05) is 18.2 Å². The zero-order chi connectivity index (χ0) is 18.8. The van der Waals surface area contributed by atoms with Gasteiger partial charge in [-0.1, -0.05) is 0 Å². The van der Waals surface area contributed by atoms with Crippen LogP contribution < -0.4 is 15.1 Å². The predicted molar refractivity (Wildman–Crippen MR) is 106 cm³/mol. The second kappa shape index (κ2) is 10.6. The van der Waals surface area contributed by atoms with Crippen LogP contribution in [0, 0.1) is 0 Å². The van der Waals surface area contributed by atoms with Gasteiger partial charge in [-0.2, -0.15) is 5.10 Å². The number of amides is 1. The van der Waals surface area contributed by atoms with Gasteiger partial charge in [0.25, 0.3) is 5.91 Å². The number of nitrogens with one attached hydrogen (secondary N) is 1. The van der Waals surface area contributed by atoms with Crippen molar-refractivity contribution >= 4 is 41.0 Å². The number of aromatic nitrogens is 1. The number of methoxy groups -OCH3 is 1. The van der Waals surface area contributed by atoms with Crippen molar-refractivity contribution in [3.05, 3.63) is 53.9 Å². The predicted octanol–water partition coefficient (Wildman–Crippen LogP) is 3.14. The van der Waals surface area contributed by atoms with E-state index in [1.54, 1.807) is 25.4 Å². The first-order valence-corrected chi connectivity index (χ1v) is 9.05. The number of anilines is 1. The molecule has 0 aliphatic heterocycles. The van der Waals surface area contributed by atoms with Gasteiger partial charge in [-0.05, 0) is 24.3 Å². The van der Waals surface area contributed by atoms with Gasteiger partial charge in [-0.25, -0.2) is 5.43 Å². The number of ether oxygens (including phenoxy) is 1. The van der Waals surface area contributed by atoms with Crippen LogP contribution in [0.1, 0.15) is 15.9 Å². The Hall–Kier alpha value is -2.31. The molecule has 0 saturated heterocycles. The highest BCUT2D eigenvalue weighted by Gasteiger charge is 2.09. The third-order valence-electron chi connectivity index (χ3n) is 3.58. The third-order valence-corrected chi connectivity index (χ3v) is 3.92. The number of hydrazone groups is 1. The highest BCUT2D eigenvalue weighted by molar-refractivity contribution is 6.18. The van der Waals surface area contributed by atoms with Crippen LogP contribution in [-0.2, 0) is 0 Å². The van der Waals surface area contributed by atoms with Crippen LogP contribution in [0.2, 0.25) is 0 Å². The number of carbonyl (C=O) groups is 1. The highest BCUT2D eigenvalue weighted by Crippen LogP contribution is 2.24. The minimum atomic E-state index is -0.333. The van der Waals surface area contributed by atoms with Crippen molar-refractivity contribution in [3.8, 4) is 5.75 Å². The molecular formula is C18H20Cl2N4O2. The maximum Gasteiger partial charge on any atom is 0.272 e. The van der Waals surface area contributed by atoms with Gasteiger partial charge in [-0.15, -0.1) is 23.2 Å². The molecule has 1 N–H and O–H groups in total. The number of hydrogen-bond acceptors (Lipinski definition) is 5. The van der Waals surface area contributed by atoms with Crippen molar-refractivity contribution in [2.45, 2.75) is 0 Å². The molecule has 1 aromatic heterocycles. The molecule has 0 bridgehead atoms. The maximum absolute atomic E-state index is 11.9. The van der Waals surface area contributed by atoms with Crippen LogP contribution >= 0.6 is 23.2 Å². The molecular weight excluding hydrogens is 375 g/mol. The Kier molecular flexibility index (Phi) is 8.18. The summed E-state index contributed by atoms with van der Waals surface area (Å²) in [6.07, 6.45) is 4.61. The van der Waals surface area contributed by atoms with Crippen LogP contribution in [0.15, 0.2) is 47.8 Å². The van der Waals surface area contributed by atoms with Crippen molar-refractivity contribution in [1.29, 1.82) is 0 Å². The number of carbonyl (C=O) groups excluding carboxylic acids is 1. The molecule has 2 rings (SSSR count). The Bertz CT molecular complexity index is 735. The fourth-order valence-corrected chi connectivity index (χ4v) is 2.71. The topological polar surface area (TPSA) is 66.8 Å². The fraction of sp³-hybridized carbons (Fsp3) is 0.278. The van der Waals surface area contributed by atoms with Gasteiger partial charge >= 0.3 is 0 Å². The Balaban J connectivity index is 2.10. The minimum Gasteiger partial charge on any atom is -0.496 e. The molecule has 0 unspecified atom stereocenters. The maximum atomic E-state index is 11.9. The monoisotopic (exact) mass is 394 g/mol. The Labute approximate surface area is 162 Å². The summed E-state index contributed by atoms with van der Waals surface area (Å²) in [4.78, 5) is 17.9. The largest absolute Gasteiger partial charge is 0.496 e. The number of nitrogens with zero attached hydrogens (tertiary/aromatic N) is 3. The normalized spacial score (nSPS) is 10.7. The smallest absolute Gasteiger partial charge is 0.272 e. The number of alkyl halides is 2. The van der Waals surface area contributed by atoms with Gasteiger partial charge in [0, 0.05) is 54.6 Å². The van der Waals surface area contributed by atoms with E-state index in [-0.39, 0.29) is 5.91 Å². The summed E-state index contributed by atoms with van der Waals surface area (Å²) in [6, 6.07) is 9.04. The van der Waals surface area contributed by atoms with Crippen LogP contribution in [0.5, 0.6) is 5.75 Å². The molecule has 138 valence electrons. The van der Waals surface area contributed by atoms with E-state index in [0.29, 0.717) is 36.2 Å². The van der Waals surface area contributed by atoms with Crippen LogP contribution in [-0.4, -0.2) is 49.1 Å². The molecule has 0 aliphatic carbocycles. The number of halogens is 2. The van der Waals surface area contributed by atoms with Crippen molar-refractivity contribution in [1.82, 2.24) is 10.4 Å². The standard InChI is InChI=1S/C18H20Cl2N4O2/c1-26-17-11-16(24(9-6-19)10-7-20)5-4-14(17)13-22-23-18(25)15-3-2-8-21-12-15/h2-5,8,11-13H,6-7,9-10H2,1H3,(H,23,25)/b22-13+. The highest BCUT2D eigenvalue weighted by atomic mass is 35.5. The molecule has 0 saturated carbocycles.